The molecule has 0 amide bonds. The van der Waals surface area contributed by atoms with Gasteiger partial charge < -0.3 is 4.57 Å². The van der Waals surface area contributed by atoms with E-state index in [1.54, 1.807) is 36.7 Å². The first kappa shape index (κ1) is 19.7. The van der Waals surface area contributed by atoms with E-state index in [0.29, 0.717) is 27.7 Å². The SMILES string of the molecule is CC(C)n1cnnc1-c1ccccc1NS(=O)(=O)c1c(Cl)nc2cc(Cl)ccn12. The number of hydrogen-bond donors (Lipinski definition) is 1. The van der Waals surface area contributed by atoms with Crippen LogP contribution in [0.3, 0.4) is 0 Å². The molecular weight excluding hydrogens is 435 g/mol. The Bertz CT molecular complexity index is 1310. The number of benzene rings is 1. The summed E-state index contributed by atoms with van der Waals surface area (Å²) >= 11 is 12.1. The maximum Gasteiger partial charge on any atom is 0.281 e. The largest absolute Gasteiger partial charge is 0.311 e. The lowest BCUT2D eigenvalue weighted by atomic mass is 10.1. The monoisotopic (exact) mass is 450 g/mol. The third kappa shape index (κ3) is 3.57. The van der Waals surface area contributed by atoms with Crippen LogP contribution in [0.2, 0.25) is 10.2 Å². The lowest BCUT2D eigenvalue weighted by molar-refractivity contribution is 0.596. The summed E-state index contributed by atoms with van der Waals surface area (Å²) in [4.78, 5) is 4.09. The summed E-state index contributed by atoms with van der Waals surface area (Å²) in [6, 6.07) is 10.2. The molecule has 0 aliphatic carbocycles. The molecule has 0 aliphatic heterocycles. The van der Waals surface area contributed by atoms with Crippen LogP contribution in [0.25, 0.3) is 17.0 Å². The molecule has 0 atom stereocenters. The lowest BCUT2D eigenvalue weighted by Gasteiger charge is -2.15. The predicted octanol–water partition coefficient (Wildman–Crippen LogP) is 4.28. The van der Waals surface area contributed by atoms with Crippen LogP contribution in [-0.4, -0.2) is 32.6 Å². The summed E-state index contributed by atoms with van der Waals surface area (Å²) in [6.45, 7) is 3.98. The Morgan fingerprint density at radius 1 is 1.14 bits per heavy atom. The standard InChI is InChI=1S/C18H16Cl2N6O2S/c1-11(2)26-10-21-23-17(26)13-5-3-4-6-14(13)24-29(27,28)18-16(20)22-15-9-12(19)7-8-25(15)18/h3-11,24H,1-2H3. The maximum atomic E-state index is 13.2. The van der Waals surface area contributed by atoms with E-state index in [1.807, 2.05) is 18.4 Å². The van der Waals surface area contributed by atoms with E-state index < -0.39 is 10.0 Å². The van der Waals surface area contributed by atoms with Crippen molar-refractivity contribution in [2.75, 3.05) is 4.72 Å². The van der Waals surface area contributed by atoms with Crippen molar-refractivity contribution in [2.24, 2.45) is 0 Å². The van der Waals surface area contributed by atoms with Crippen molar-refractivity contribution in [1.29, 1.82) is 0 Å². The number of sulfonamides is 1. The van der Waals surface area contributed by atoms with Crippen molar-refractivity contribution in [3.63, 3.8) is 0 Å². The molecular formula is C18H16Cl2N6O2S. The molecule has 0 saturated carbocycles. The quantitative estimate of drug-likeness (QED) is 0.489. The Hall–Kier alpha value is -2.62. The van der Waals surface area contributed by atoms with Gasteiger partial charge in [-0.15, -0.1) is 10.2 Å². The van der Waals surface area contributed by atoms with Crippen LogP contribution in [-0.2, 0) is 10.0 Å². The molecule has 3 heterocycles. The van der Waals surface area contributed by atoms with E-state index in [0.717, 1.165) is 0 Å². The average molecular weight is 451 g/mol. The Morgan fingerprint density at radius 3 is 2.66 bits per heavy atom. The zero-order chi connectivity index (χ0) is 20.8. The van der Waals surface area contributed by atoms with Gasteiger partial charge in [-0.3, -0.25) is 9.12 Å². The zero-order valence-electron chi connectivity index (χ0n) is 15.4. The highest BCUT2D eigenvalue weighted by molar-refractivity contribution is 7.92. The fraction of sp³-hybridized carbons (Fsp3) is 0.167. The molecule has 1 aromatic carbocycles. The van der Waals surface area contributed by atoms with Crippen LogP contribution < -0.4 is 4.72 Å². The van der Waals surface area contributed by atoms with Crippen molar-refractivity contribution >= 4 is 44.6 Å². The van der Waals surface area contributed by atoms with Gasteiger partial charge in [0.1, 0.15) is 12.0 Å². The minimum atomic E-state index is -4.07. The Balaban J connectivity index is 1.81. The number of fused-ring (bicyclic) bond motifs is 1. The average Bonchev–Trinajstić information content (AvgIpc) is 3.25. The van der Waals surface area contributed by atoms with Crippen LogP contribution in [0.5, 0.6) is 0 Å². The molecule has 0 spiro atoms. The van der Waals surface area contributed by atoms with E-state index in [9.17, 15) is 8.42 Å². The molecule has 0 fully saturated rings. The van der Waals surface area contributed by atoms with E-state index in [1.165, 1.54) is 16.7 Å². The highest BCUT2D eigenvalue weighted by Crippen LogP contribution is 2.31. The van der Waals surface area contributed by atoms with Gasteiger partial charge in [-0.2, -0.15) is 8.42 Å². The number of pyridine rings is 1. The number of nitrogens with zero attached hydrogens (tertiary/aromatic N) is 5. The van der Waals surface area contributed by atoms with Crippen molar-refractivity contribution in [1.82, 2.24) is 24.1 Å². The first-order valence-electron chi connectivity index (χ1n) is 8.63. The molecule has 3 aromatic heterocycles. The van der Waals surface area contributed by atoms with Gasteiger partial charge in [0.25, 0.3) is 10.0 Å². The highest BCUT2D eigenvalue weighted by atomic mass is 35.5. The van der Waals surface area contributed by atoms with E-state index in [-0.39, 0.29) is 16.2 Å². The number of nitrogens with one attached hydrogen (secondary N) is 1. The number of halogens is 2. The number of rotatable bonds is 5. The van der Waals surface area contributed by atoms with Crippen LogP contribution in [0.1, 0.15) is 19.9 Å². The van der Waals surface area contributed by atoms with Crippen LogP contribution in [0.4, 0.5) is 5.69 Å². The summed E-state index contributed by atoms with van der Waals surface area (Å²) in [7, 11) is -4.07. The van der Waals surface area contributed by atoms with Crippen LogP contribution >= 0.6 is 23.2 Å². The van der Waals surface area contributed by atoms with E-state index in [2.05, 4.69) is 19.9 Å². The summed E-state index contributed by atoms with van der Waals surface area (Å²) in [6.07, 6.45) is 3.11. The minimum absolute atomic E-state index is 0.0997. The molecule has 11 heteroatoms. The molecule has 0 saturated heterocycles. The van der Waals surface area contributed by atoms with Gasteiger partial charge in [-0.1, -0.05) is 35.3 Å². The number of anilines is 1. The molecule has 0 bridgehead atoms. The number of imidazole rings is 1. The number of para-hydroxylation sites is 1. The van der Waals surface area contributed by atoms with Crippen molar-refractivity contribution < 1.29 is 8.42 Å². The molecule has 4 rings (SSSR count). The second-order valence-electron chi connectivity index (χ2n) is 6.59. The van der Waals surface area contributed by atoms with Gasteiger partial charge in [-0.25, -0.2) is 4.98 Å². The van der Waals surface area contributed by atoms with Gasteiger partial charge >= 0.3 is 0 Å². The Labute approximate surface area is 177 Å². The molecule has 0 aliphatic rings. The molecule has 29 heavy (non-hydrogen) atoms. The first-order chi connectivity index (χ1) is 13.8. The fourth-order valence-electron chi connectivity index (χ4n) is 2.98. The maximum absolute atomic E-state index is 13.2. The van der Waals surface area contributed by atoms with Crippen LogP contribution in [0.15, 0.2) is 53.9 Å². The third-order valence-electron chi connectivity index (χ3n) is 4.30. The summed E-state index contributed by atoms with van der Waals surface area (Å²) in [5.74, 6) is 0.550. The molecule has 1 N–H and O–H groups in total. The smallest absolute Gasteiger partial charge is 0.281 e. The first-order valence-corrected chi connectivity index (χ1v) is 10.9. The highest BCUT2D eigenvalue weighted by Gasteiger charge is 2.26. The van der Waals surface area contributed by atoms with Crippen molar-refractivity contribution in [3.05, 3.63) is 59.1 Å². The molecule has 150 valence electrons. The topological polar surface area (TPSA) is 94.2 Å². The number of aromatic nitrogens is 5. The normalized spacial score (nSPS) is 12.0. The number of hydrogen-bond acceptors (Lipinski definition) is 5. The van der Waals surface area contributed by atoms with Gasteiger partial charge in [0.05, 0.1) is 5.69 Å². The third-order valence-corrected chi connectivity index (χ3v) is 6.30. The zero-order valence-corrected chi connectivity index (χ0v) is 17.7. The summed E-state index contributed by atoms with van der Waals surface area (Å²) in [5.41, 5.74) is 1.27. The van der Waals surface area contributed by atoms with Gasteiger partial charge in [-0.05, 0) is 32.0 Å². The summed E-state index contributed by atoms with van der Waals surface area (Å²) < 4.78 is 32.2. The van der Waals surface area contributed by atoms with E-state index >= 15 is 0 Å². The molecule has 0 unspecified atom stereocenters. The fourth-order valence-corrected chi connectivity index (χ4v) is 4.86. The van der Waals surface area contributed by atoms with Crippen molar-refractivity contribution in [3.8, 4) is 11.4 Å². The van der Waals surface area contributed by atoms with Crippen LogP contribution in [0, 0.1) is 0 Å². The molecule has 4 aromatic rings. The summed E-state index contributed by atoms with van der Waals surface area (Å²) in [5, 5.41) is 8.22. The Morgan fingerprint density at radius 2 is 1.90 bits per heavy atom. The second kappa shape index (κ2) is 7.33. The van der Waals surface area contributed by atoms with Gasteiger partial charge in [0, 0.05) is 28.9 Å². The van der Waals surface area contributed by atoms with Gasteiger partial charge in [0.2, 0.25) is 0 Å². The second-order valence-corrected chi connectivity index (χ2v) is 8.98. The van der Waals surface area contributed by atoms with E-state index in [4.69, 9.17) is 23.2 Å². The molecule has 0 radical (unpaired) electrons. The minimum Gasteiger partial charge on any atom is -0.311 e. The predicted molar refractivity (Wildman–Crippen MR) is 112 cm³/mol. The van der Waals surface area contributed by atoms with Gasteiger partial charge in [0.15, 0.2) is 16.0 Å². The Kier molecular flexibility index (Phi) is 4.97. The van der Waals surface area contributed by atoms with Crippen molar-refractivity contribution in [2.45, 2.75) is 24.9 Å². The lowest BCUT2D eigenvalue weighted by Crippen LogP contribution is -2.16. The molecule has 8 nitrogen and oxygen atoms in total.